The molecule has 0 aromatic heterocycles. The van der Waals surface area contributed by atoms with Gasteiger partial charge in [0.25, 0.3) is 0 Å². The Morgan fingerprint density at radius 1 is 1.44 bits per heavy atom. The van der Waals surface area contributed by atoms with Gasteiger partial charge in [-0.3, -0.25) is 9.69 Å². The van der Waals surface area contributed by atoms with E-state index in [2.05, 4.69) is 10.2 Å². The zero-order chi connectivity index (χ0) is 13.0. The minimum atomic E-state index is 0.0408. The van der Waals surface area contributed by atoms with E-state index in [9.17, 15) is 4.79 Å². The molecule has 1 atom stereocenters. The number of nitrogens with one attached hydrogen (secondary N) is 1. The smallest absolute Gasteiger partial charge is 0.234 e. The van der Waals surface area contributed by atoms with Crippen LogP contribution in [0.1, 0.15) is 12.0 Å². The van der Waals surface area contributed by atoms with E-state index in [0.717, 1.165) is 25.1 Å². The van der Waals surface area contributed by atoms with Gasteiger partial charge in [0.1, 0.15) is 0 Å². The first-order valence-corrected chi connectivity index (χ1v) is 6.50. The Morgan fingerprint density at radius 2 is 2.17 bits per heavy atom. The number of nitrogens with zero attached hydrogens (tertiary/aromatic N) is 1. The average molecular weight is 268 g/mol. The molecule has 0 radical (unpaired) electrons. The first-order chi connectivity index (χ1) is 8.63. The van der Waals surface area contributed by atoms with Crippen LogP contribution in [0.5, 0.6) is 0 Å². The van der Waals surface area contributed by atoms with Crippen molar-refractivity contribution in [2.75, 3.05) is 19.6 Å². The second-order valence-electron chi connectivity index (χ2n) is 4.69. The number of amides is 1. The van der Waals surface area contributed by atoms with E-state index in [4.69, 9.17) is 17.3 Å². The van der Waals surface area contributed by atoms with Crippen molar-refractivity contribution in [3.05, 3.63) is 34.9 Å². The summed E-state index contributed by atoms with van der Waals surface area (Å²) < 4.78 is 0. The molecule has 1 aromatic carbocycles. The number of halogens is 1. The second kappa shape index (κ2) is 6.18. The Labute approximate surface area is 112 Å². The maximum atomic E-state index is 11.7. The van der Waals surface area contributed by atoms with Crippen molar-refractivity contribution in [3.8, 4) is 0 Å². The minimum absolute atomic E-state index is 0.0408. The van der Waals surface area contributed by atoms with Crippen LogP contribution in [-0.2, 0) is 11.3 Å². The fourth-order valence-electron chi connectivity index (χ4n) is 2.07. The van der Waals surface area contributed by atoms with E-state index >= 15 is 0 Å². The largest absolute Gasteiger partial charge is 0.351 e. The molecule has 2 rings (SSSR count). The number of hydrogen-bond donors (Lipinski definition) is 2. The highest BCUT2D eigenvalue weighted by atomic mass is 35.5. The number of likely N-dealkylation sites (tertiary alicyclic amines) is 1. The SMILES string of the molecule is N[C@@H]1CCN(CC(=O)NCc2ccc(Cl)cc2)C1. The van der Waals surface area contributed by atoms with Crippen LogP contribution < -0.4 is 11.1 Å². The molecule has 4 nitrogen and oxygen atoms in total. The number of rotatable bonds is 4. The van der Waals surface area contributed by atoms with Crippen LogP contribution in [0.4, 0.5) is 0 Å². The Balaban J connectivity index is 1.73. The van der Waals surface area contributed by atoms with Gasteiger partial charge in [0.15, 0.2) is 0 Å². The molecular formula is C13H18ClN3O. The van der Waals surface area contributed by atoms with Gasteiger partial charge in [0.2, 0.25) is 5.91 Å². The quantitative estimate of drug-likeness (QED) is 0.855. The molecule has 98 valence electrons. The maximum absolute atomic E-state index is 11.7. The van der Waals surface area contributed by atoms with Crippen LogP contribution in [0.15, 0.2) is 24.3 Å². The summed E-state index contributed by atoms with van der Waals surface area (Å²) in [6.45, 7) is 2.70. The van der Waals surface area contributed by atoms with Gasteiger partial charge in [0, 0.05) is 30.7 Å². The summed E-state index contributed by atoms with van der Waals surface area (Å²) in [5, 5.41) is 3.60. The molecule has 0 unspecified atom stereocenters. The van der Waals surface area contributed by atoms with Crippen LogP contribution >= 0.6 is 11.6 Å². The lowest BCUT2D eigenvalue weighted by Crippen LogP contribution is -2.37. The Bertz CT molecular complexity index is 407. The Kier molecular flexibility index (Phi) is 4.58. The number of nitrogens with two attached hydrogens (primary N) is 1. The van der Waals surface area contributed by atoms with Gasteiger partial charge in [-0.25, -0.2) is 0 Å². The summed E-state index contributed by atoms with van der Waals surface area (Å²) in [4.78, 5) is 13.8. The van der Waals surface area contributed by atoms with E-state index < -0.39 is 0 Å². The van der Waals surface area contributed by atoms with Crippen LogP contribution in [-0.4, -0.2) is 36.5 Å². The lowest BCUT2D eigenvalue weighted by atomic mass is 10.2. The molecule has 0 spiro atoms. The van der Waals surface area contributed by atoms with Gasteiger partial charge < -0.3 is 11.1 Å². The first kappa shape index (κ1) is 13.3. The van der Waals surface area contributed by atoms with Crippen LogP contribution in [0.25, 0.3) is 0 Å². The molecule has 1 fully saturated rings. The molecule has 1 saturated heterocycles. The minimum Gasteiger partial charge on any atom is -0.351 e. The molecule has 1 amide bonds. The average Bonchev–Trinajstić information content (AvgIpc) is 2.74. The predicted octanol–water partition coefficient (Wildman–Crippen LogP) is 0.989. The van der Waals surface area contributed by atoms with Gasteiger partial charge in [-0.05, 0) is 24.1 Å². The van der Waals surface area contributed by atoms with Crippen molar-refractivity contribution in [1.29, 1.82) is 0 Å². The van der Waals surface area contributed by atoms with Gasteiger partial charge in [-0.15, -0.1) is 0 Å². The standard InChI is InChI=1S/C13H18ClN3O/c14-11-3-1-10(2-4-11)7-16-13(18)9-17-6-5-12(15)8-17/h1-4,12H,5-9,15H2,(H,16,18)/t12-/m1/s1. The van der Waals surface area contributed by atoms with E-state index in [1.165, 1.54) is 0 Å². The summed E-state index contributed by atoms with van der Waals surface area (Å²) in [5.41, 5.74) is 6.84. The summed E-state index contributed by atoms with van der Waals surface area (Å²) >= 11 is 5.80. The molecular weight excluding hydrogens is 250 g/mol. The van der Waals surface area contributed by atoms with Crippen LogP contribution in [0, 0.1) is 0 Å². The van der Waals surface area contributed by atoms with E-state index in [0.29, 0.717) is 18.1 Å². The number of carbonyl (C=O) groups is 1. The Morgan fingerprint density at radius 3 is 2.78 bits per heavy atom. The van der Waals surface area contributed by atoms with E-state index in [1.807, 2.05) is 24.3 Å². The molecule has 1 aromatic rings. The third kappa shape index (κ3) is 3.98. The fraction of sp³-hybridized carbons (Fsp3) is 0.462. The van der Waals surface area contributed by atoms with Crippen molar-refractivity contribution in [2.24, 2.45) is 5.73 Å². The Hall–Kier alpha value is -1.10. The third-order valence-corrected chi connectivity index (χ3v) is 3.33. The van der Waals surface area contributed by atoms with E-state index in [1.54, 1.807) is 0 Å². The monoisotopic (exact) mass is 267 g/mol. The van der Waals surface area contributed by atoms with Crippen molar-refractivity contribution in [1.82, 2.24) is 10.2 Å². The van der Waals surface area contributed by atoms with Crippen molar-refractivity contribution < 1.29 is 4.79 Å². The normalized spacial score (nSPS) is 20.0. The summed E-state index contributed by atoms with van der Waals surface area (Å²) in [7, 11) is 0. The van der Waals surface area contributed by atoms with E-state index in [-0.39, 0.29) is 11.9 Å². The highest BCUT2D eigenvalue weighted by Gasteiger charge is 2.20. The molecule has 1 heterocycles. The summed E-state index contributed by atoms with van der Waals surface area (Å²) in [6, 6.07) is 7.68. The highest BCUT2D eigenvalue weighted by molar-refractivity contribution is 6.30. The zero-order valence-corrected chi connectivity index (χ0v) is 11.0. The highest BCUT2D eigenvalue weighted by Crippen LogP contribution is 2.09. The molecule has 1 aliphatic rings. The number of carbonyl (C=O) groups excluding carboxylic acids is 1. The lowest BCUT2D eigenvalue weighted by molar-refractivity contribution is -0.122. The van der Waals surface area contributed by atoms with Gasteiger partial charge in [0.05, 0.1) is 6.54 Å². The second-order valence-corrected chi connectivity index (χ2v) is 5.12. The third-order valence-electron chi connectivity index (χ3n) is 3.08. The number of benzene rings is 1. The van der Waals surface area contributed by atoms with Crippen molar-refractivity contribution in [3.63, 3.8) is 0 Å². The van der Waals surface area contributed by atoms with Gasteiger partial charge in [-0.2, -0.15) is 0 Å². The topological polar surface area (TPSA) is 58.4 Å². The first-order valence-electron chi connectivity index (χ1n) is 6.12. The number of hydrogen-bond acceptors (Lipinski definition) is 3. The molecule has 0 bridgehead atoms. The molecule has 3 N–H and O–H groups in total. The summed E-state index contributed by atoms with van der Waals surface area (Å²) in [6.07, 6.45) is 0.977. The van der Waals surface area contributed by atoms with Crippen molar-refractivity contribution >= 4 is 17.5 Å². The van der Waals surface area contributed by atoms with Gasteiger partial charge in [-0.1, -0.05) is 23.7 Å². The maximum Gasteiger partial charge on any atom is 0.234 e. The summed E-state index contributed by atoms with van der Waals surface area (Å²) in [5.74, 6) is 0.0408. The molecule has 5 heteroatoms. The van der Waals surface area contributed by atoms with Crippen molar-refractivity contribution in [2.45, 2.75) is 19.0 Å². The molecule has 0 aliphatic carbocycles. The van der Waals surface area contributed by atoms with Crippen LogP contribution in [0.3, 0.4) is 0 Å². The molecule has 18 heavy (non-hydrogen) atoms. The van der Waals surface area contributed by atoms with Gasteiger partial charge >= 0.3 is 0 Å². The lowest BCUT2D eigenvalue weighted by Gasteiger charge is -2.14. The van der Waals surface area contributed by atoms with Crippen LogP contribution in [0.2, 0.25) is 5.02 Å². The molecule has 0 saturated carbocycles. The molecule has 1 aliphatic heterocycles. The predicted molar refractivity (Wildman–Crippen MR) is 72.3 cm³/mol. The fourth-order valence-corrected chi connectivity index (χ4v) is 2.19. The zero-order valence-electron chi connectivity index (χ0n) is 10.2.